The predicted octanol–water partition coefficient (Wildman–Crippen LogP) is 1.23. The van der Waals surface area contributed by atoms with Crippen LogP contribution in [0.1, 0.15) is 40.1 Å². The maximum atomic E-state index is 12.3. The molecule has 1 unspecified atom stereocenters. The van der Waals surface area contributed by atoms with Gasteiger partial charge in [-0.2, -0.15) is 0 Å². The molecule has 0 aromatic heterocycles. The van der Waals surface area contributed by atoms with Gasteiger partial charge in [0, 0.05) is 12.0 Å². The molecule has 0 aliphatic carbocycles. The van der Waals surface area contributed by atoms with E-state index < -0.39 is 24.0 Å². The molecular formula is C17H18O7. The van der Waals surface area contributed by atoms with Crippen molar-refractivity contribution >= 4 is 24.2 Å². The highest BCUT2D eigenvalue weighted by molar-refractivity contribution is 6.08. The summed E-state index contributed by atoms with van der Waals surface area (Å²) in [7, 11) is 0. The third kappa shape index (κ3) is 5.13. The lowest BCUT2D eigenvalue weighted by molar-refractivity contribution is -0.133. The molecule has 0 saturated carbocycles. The number of ether oxygens (including phenoxy) is 2. The highest BCUT2D eigenvalue weighted by Gasteiger charge is 2.25. The van der Waals surface area contributed by atoms with Crippen molar-refractivity contribution in [1.29, 1.82) is 0 Å². The van der Waals surface area contributed by atoms with Crippen LogP contribution in [0.25, 0.3) is 0 Å². The SMILES string of the molecule is C=C(C)C(=O)OC(=O)c1c(CC=O)cccc1C(=O)OCC(C)O. The third-order valence-corrected chi connectivity index (χ3v) is 2.87. The molecule has 0 bridgehead atoms. The number of hydrogen-bond donors (Lipinski definition) is 1. The predicted molar refractivity (Wildman–Crippen MR) is 83.4 cm³/mol. The number of aliphatic hydroxyl groups is 1. The Morgan fingerprint density at radius 2 is 1.96 bits per heavy atom. The number of aliphatic hydroxyl groups excluding tert-OH is 1. The van der Waals surface area contributed by atoms with Crippen LogP contribution in [0.4, 0.5) is 0 Å². The van der Waals surface area contributed by atoms with Gasteiger partial charge in [0.05, 0.1) is 17.2 Å². The average molecular weight is 334 g/mol. The van der Waals surface area contributed by atoms with Crippen molar-refractivity contribution in [2.45, 2.75) is 26.4 Å². The molecule has 0 fully saturated rings. The quantitative estimate of drug-likeness (QED) is 0.346. The maximum Gasteiger partial charge on any atom is 0.347 e. The molecule has 0 heterocycles. The van der Waals surface area contributed by atoms with Crippen molar-refractivity contribution in [1.82, 2.24) is 0 Å². The van der Waals surface area contributed by atoms with Crippen LogP contribution in [0.15, 0.2) is 30.4 Å². The number of rotatable bonds is 7. The lowest BCUT2D eigenvalue weighted by atomic mass is 9.99. The minimum absolute atomic E-state index is 0.00875. The van der Waals surface area contributed by atoms with Crippen molar-refractivity contribution in [2.75, 3.05) is 6.61 Å². The molecule has 1 atom stereocenters. The first kappa shape index (κ1) is 19.2. The molecule has 7 heteroatoms. The summed E-state index contributed by atoms with van der Waals surface area (Å²) in [5.74, 6) is -2.90. The van der Waals surface area contributed by atoms with E-state index in [2.05, 4.69) is 11.3 Å². The van der Waals surface area contributed by atoms with Gasteiger partial charge < -0.3 is 19.4 Å². The van der Waals surface area contributed by atoms with Gasteiger partial charge in [0.15, 0.2) is 0 Å². The first-order valence-electron chi connectivity index (χ1n) is 7.10. The number of hydrogen-bond acceptors (Lipinski definition) is 7. The van der Waals surface area contributed by atoms with E-state index in [1.54, 1.807) is 0 Å². The normalized spacial score (nSPS) is 11.3. The van der Waals surface area contributed by atoms with Gasteiger partial charge in [0.1, 0.15) is 12.9 Å². The molecule has 1 aromatic rings. The van der Waals surface area contributed by atoms with Crippen LogP contribution in [-0.4, -0.2) is 42.0 Å². The largest absolute Gasteiger partial charge is 0.459 e. The van der Waals surface area contributed by atoms with Crippen LogP contribution in [0, 0.1) is 0 Å². The lowest BCUT2D eigenvalue weighted by Gasteiger charge is -2.13. The van der Waals surface area contributed by atoms with Crippen LogP contribution in [0.3, 0.4) is 0 Å². The summed E-state index contributed by atoms with van der Waals surface area (Å²) in [6.45, 7) is 5.89. The lowest BCUT2D eigenvalue weighted by Crippen LogP contribution is -2.21. The Bertz CT molecular complexity index is 674. The van der Waals surface area contributed by atoms with Gasteiger partial charge >= 0.3 is 17.9 Å². The van der Waals surface area contributed by atoms with Crippen LogP contribution < -0.4 is 0 Å². The van der Waals surface area contributed by atoms with E-state index in [0.717, 1.165) is 0 Å². The van der Waals surface area contributed by atoms with Crippen molar-refractivity contribution < 1.29 is 33.8 Å². The van der Waals surface area contributed by atoms with Crippen molar-refractivity contribution in [3.8, 4) is 0 Å². The zero-order valence-corrected chi connectivity index (χ0v) is 13.4. The van der Waals surface area contributed by atoms with Gasteiger partial charge in [-0.25, -0.2) is 14.4 Å². The van der Waals surface area contributed by atoms with E-state index in [1.165, 1.54) is 32.0 Å². The topological polar surface area (TPSA) is 107 Å². The highest BCUT2D eigenvalue weighted by atomic mass is 16.6. The average Bonchev–Trinajstić information content (AvgIpc) is 2.52. The fraction of sp³-hybridized carbons (Fsp3) is 0.294. The van der Waals surface area contributed by atoms with E-state index in [9.17, 15) is 24.3 Å². The second-order valence-electron chi connectivity index (χ2n) is 5.12. The van der Waals surface area contributed by atoms with Crippen molar-refractivity contribution in [3.63, 3.8) is 0 Å². The first-order valence-corrected chi connectivity index (χ1v) is 7.10. The number of benzene rings is 1. The molecule has 1 aromatic carbocycles. The van der Waals surface area contributed by atoms with Gasteiger partial charge in [-0.3, -0.25) is 0 Å². The highest BCUT2D eigenvalue weighted by Crippen LogP contribution is 2.19. The summed E-state index contributed by atoms with van der Waals surface area (Å²) < 4.78 is 9.53. The standard InChI is InChI=1S/C17H18O7/c1-10(2)15(20)24-17(22)14-12(7-8-18)5-4-6-13(14)16(21)23-9-11(3)19/h4-6,8,11,19H,1,7,9H2,2-3H3. The molecule has 0 spiro atoms. The Kier molecular flexibility index (Phi) is 7.00. The Labute approximate surface area is 138 Å². The molecule has 0 amide bonds. The van der Waals surface area contributed by atoms with E-state index in [1.807, 2.05) is 0 Å². The summed E-state index contributed by atoms with van der Waals surface area (Å²) in [5.41, 5.74) is -0.158. The van der Waals surface area contributed by atoms with Gasteiger partial charge in [-0.15, -0.1) is 0 Å². The molecule has 1 rings (SSSR count). The van der Waals surface area contributed by atoms with Crippen molar-refractivity contribution in [3.05, 3.63) is 47.0 Å². The minimum Gasteiger partial charge on any atom is -0.459 e. The molecule has 0 radical (unpaired) electrons. The Morgan fingerprint density at radius 3 is 2.50 bits per heavy atom. The molecule has 24 heavy (non-hydrogen) atoms. The third-order valence-electron chi connectivity index (χ3n) is 2.87. The Hall–Kier alpha value is -2.80. The summed E-state index contributed by atoms with van der Waals surface area (Å²) in [4.78, 5) is 46.7. The van der Waals surface area contributed by atoms with E-state index in [-0.39, 0.29) is 35.3 Å². The van der Waals surface area contributed by atoms with Crippen molar-refractivity contribution in [2.24, 2.45) is 0 Å². The van der Waals surface area contributed by atoms with Gasteiger partial charge in [0.25, 0.3) is 0 Å². The summed E-state index contributed by atoms with van der Waals surface area (Å²) in [6, 6.07) is 4.23. The smallest absolute Gasteiger partial charge is 0.347 e. The zero-order chi connectivity index (χ0) is 18.3. The number of carbonyl (C=O) groups is 4. The van der Waals surface area contributed by atoms with Crippen LogP contribution in [0.2, 0.25) is 0 Å². The summed E-state index contributed by atoms with van der Waals surface area (Å²) >= 11 is 0. The zero-order valence-electron chi connectivity index (χ0n) is 13.4. The molecule has 0 aliphatic rings. The summed E-state index contributed by atoms with van der Waals surface area (Å²) in [5, 5.41) is 9.18. The molecule has 0 saturated heterocycles. The molecule has 7 nitrogen and oxygen atoms in total. The molecule has 128 valence electrons. The second kappa shape index (κ2) is 8.73. The van der Waals surface area contributed by atoms with Crippen LogP contribution in [0.5, 0.6) is 0 Å². The molecule has 1 N–H and O–H groups in total. The van der Waals surface area contributed by atoms with Crippen LogP contribution >= 0.6 is 0 Å². The monoisotopic (exact) mass is 334 g/mol. The fourth-order valence-corrected chi connectivity index (χ4v) is 1.77. The fourth-order valence-electron chi connectivity index (χ4n) is 1.77. The van der Waals surface area contributed by atoms with Gasteiger partial charge in [0.2, 0.25) is 0 Å². The van der Waals surface area contributed by atoms with Gasteiger partial charge in [-0.05, 0) is 25.5 Å². The van der Waals surface area contributed by atoms with E-state index in [0.29, 0.717) is 6.29 Å². The number of aldehydes is 1. The summed E-state index contributed by atoms with van der Waals surface area (Å²) in [6.07, 6.45) is -0.478. The van der Waals surface area contributed by atoms with Gasteiger partial charge in [-0.1, -0.05) is 18.7 Å². The Morgan fingerprint density at radius 1 is 1.29 bits per heavy atom. The first-order chi connectivity index (χ1) is 11.3. The molecule has 0 aliphatic heterocycles. The minimum atomic E-state index is -1.08. The number of esters is 3. The number of carbonyl (C=O) groups excluding carboxylic acids is 4. The maximum absolute atomic E-state index is 12.3. The second-order valence-corrected chi connectivity index (χ2v) is 5.12. The Balaban J connectivity index is 3.24. The molecular weight excluding hydrogens is 316 g/mol. The van der Waals surface area contributed by atoms with E-state index >= 15 is 0 Å². The van der Waals surface area contributed by atoms with E-state index in [4.69, 9.17) is 4.74 Å². The van der Waals surface area contributed by atoms with Crippen LogP contribution in [-0.2, 0) is 25.5 Å².